The highest BCUT2D eigenvalue weighted by atomic mass is 19.4. The maximum Gasteiger partial charge on any atom is 0.471 e. The fourth-order valence-electron chi connectivity index (χ4n) is 5.68. The van der Waals surface area contributed by atoms with Crippen molar-refractivity contribution in [2.75, 3.05) is 6.54 Å². The van der Waals surface area contributed by atoms with Crippen LogP contribution in [0.4, 0.5) is 22.0 Å². The highest BCUT2D eigenvalue weighted by molar-refractivity contribution is 5.94. The summed E-state index contributed by atoms with van der Waals surface area (Å²) < 4.78 is 68.7. The van der Waals surface area contributed by atoms with E-state index in [1.54, 1.807) is 19.2 Å². The molecule has 38 heavy (non-hydrogen) atoms. The van der Waals surface area contributed by atoms with E-state index in [1.165, 1.54) is 0 Å². The Balaban J connectivity index is 1.87. The van der Waals surface area contributed by atoms with Crippen LogP contribution < -0.4 is 16.0 Å². The topological polar surface area (TPSA) is 131 Å². The second kappa shape index (κ2) is 11.4. The molecule has 0 radical (unpaired) electrons. The number of nitrogens with zero attached hydrogens (tertiary/aromatic N) is 2. The summed E-state index contributed by atoms with van der Waals surface area (Å²) in [6, 6.07) is -3.93. The van der Waals surface area contributed by atoms with E-state index < -0.39 is 72.2 Å². The molecule has 0 spiro atoms. The number of nitriles is 1. The van der Waals surface area contributed by atoms with E-state index in [0.29, 0.717) is 19.4 Å². The Bertz CT molecular complexity index is 982. The molecule has 4 rings (SSSR count). The van der Waals surface area contributed by atoms with Crippen LogP contribution in [0.1, 0.15) is 58.8 Å². The van der Waals surface area contributed by atoms with Crippen LogP contribution in [0.2, 0.25) is 0 Å². The number of carbonyl (C=O) groups excluding carboxylic acids is 4. The van der Waals surface area contributed by atoms with Crippen molar-refractivity contribution in [3.8, 4) is 6.07 Å². The summed E-state index contributed by atoms with van der Waals surface area (Å²) in [5.41, 5.74) is 0. The number of fused-ring (bicyclic) bond motifs is 3. The molecular formula is C24H32F5N5O4. The van der Waals surface area contributed by atoms with Gasteiger partial charge in [0.1, 0.15) is 18.1 Å². The smallest absolute Gasteiger partial charge is 0.356 e. The minimum Gasteiger partial charge on any atom is -0.356 e. The standard InChI is InChI=1S/C24H32F5N5O4/c1-12(2)8-17(33-22(38)24(27,28)29)21(37)34-15-5-6-16(23(25,26)10-15)18(34)20(36)32-14(11-30)9-13-4-3-7-31-19(13)35/h12-18H,3-10H2,1-2H3,(H,31,35)(H,32,36)(H,33,38)/t13-,14-,15-,16-,17-,18+/m1/s1. The Morgan fingerprint density at radius 2 is 1.87 bits per heavy atom. The van der Waals surface area contributed by atoms with Crippen molar-refractivity contribution >= 4 is 23.6 Å². The summed E-state index contributed by atoms with van der Waals surface area (Å²) in [7, 11) is 0. The lowest BCUT2D eigenvalue weighted by Crippen LogP contribution is -2.71. The second-order valence-electron chi connectivity index (χ2n) is 10.7. The third kappa shape index (κ3) is 6.53. The SMILES string of the molecule is CC(C)C[C@@H](NC(=O)C(F)(F)F)C(=O)N1[C@@H]2CC[C@H]([C@H]1C(=O)N[C@@H](C#N)C[C@H]1CCCNC1=O)C(F)(F)C2. The van der Waals surface area contributed by atoms with Crippen LogP contribution in [0.25, 0.3) is 0 Å². The number of hydrogen-bond acceptors (Lipinski definition) is 5. The molecule has 0 aromatic heterocycles. The maximum atomic E-state index is 14.9. The predicted octanol–water partition coefficient (Wildman–Crippen LogP) is 2.02. The van der Waals surface area contributed by atoms with Gasteiger partial charge in [-0.2, -0.15) is 18.4 Å². The molecule has 14 heteroatoms. The van der Waals surface area contributed by atoms with Crippen LogP contribution in [0.3, 0.4) is 0 Å². The van der Waals surface area contributed by atoms with Crippen molar-refractivity contribution < 1.29 is 41.1 Å². The summed E-state index contributed by atoms with van der Waals surface area (Å²) in [6.45, 7) is 3.71. The average molecular weight is 550 g/mol. The van der Waals surface area contributed by atoms with Crippen molar-refractivity contribution in [3.05, 3.63) is 0 Å². The van der Waals surface area contributed by atoms with Crippen molar-refractivity contribution in [3.63, 3.8) is 0 Å². The molecule has 3 saturated heterocycles. The number of halogens is 5. The highest BCUT2D eigenvalue weighted by Crippen LogP contribution is 2.49. The van der Waals surface area contributed by atoms with Crippen LogP contribution in [0.15, 0.2) is 0 Å². The monoisotopic (exact) mass is 549 g/mol. The number of rotatable bonds is 8. The zero-order valence-corrected chi connectivity index (χ0v) is 21.1. The van der Waals surface area contributed by atoms with Crippen molar-refractivity contribution in [1.29, 1.82) is 5.26 Å². The Morgan fingerprint density at radius 3 is 2.42 bits per heavy atom. The number of nitrogens with one attached hydrogen (secondary N) is 3. The fraction of sp³-hybridized carbons (Fsp3) is 0.792. The number of carbonyl (C=O) groups is 4. The first-order valence-corrected chi connectivity index (χ1v) is 12.7. The van der Waals surface area contributed by atoms with E-state index >= 15 is 0 Å². The lowest BCUT2D eigenvalue weighted by molar-refractivity contribution is -0.196. The van der Waals surface area contributed by atoms with E-state index in [1.807, 2.05) is 6.07 Å². The Hall–Kier alpha value is -2.98. The Morgan fingerprint density at radius 1 is 1.18 bits per heavy atom. The van der Waals surface area contributed by atoms with Gasteiger partial charge in [0.2, 0.25) is 17.7 Å². The minimum absolute atomic E-state index is 0.0587. The molecule has 4 aliphatic rings. The third-order valence-electron chi connectivity index (χ3n) is 7.42. The maximum absolute atomic E-state index is 14.9. The summed E-state index contributed by atoms with van der Waals surface area (Å²) in [5, 5.41) is 16.3. The quantitative estimate of drug-likeness (QED) is 0.399. The Kier molecular flexibility index (Phi) is 8.88. The molecule has 3 N–H and O–H groups in total. The van der Waals surface area contributed by atoms with Gasteiger partial charge >= 0.3 is 12.1 Å². The van der Waals surface area contributed by atoms with Crippen LogP contribution in [-0.2, 0) is 19.2 Å². The minimum atomic E-state index is -5.27. The molecule has 3 heterocycles. The van der Waals surface area contributed by atoms with Gasteiger partial charge in [0.25, 0.3) is 5.92 Å². The van der Waals surface area contributed by atoms with Crippen molar-refractivity contribution in [2.45, 2.75) is 95.1 Å². The molecule has 0 unspecified atom stereocenters. The predicted molar refractivity (Wildman–Crippen MR) is 122 cm³/mol. The molecule has 9 nitrogen and oxygen atoms in total. The average Bonchev–Trinajstić information content (AvgIpc) is 2.82. The molecule has 1 saturated carbocycles. The van der Waals surface area contributed by atoms with Gasteiger partial charge in [-0.1, -0.05) is 13.8 Å². The van der Waals surface area contributed by atoms with Crippen molar-refractivity contribution in [2.24, 2.45) is 17.8 Å². The largest absolute Gasteiger partial charge is 0.471 e. The van der Waals surface area contributed by atoms with E-state index in [4.69, 9.17) is 0 Å². The molecule has 4 fully saturated rings. The van der Waals surface area contributed by atoms with Gasteiger partial charge in [-0.25, -0.2) is 8.78 Å². The van der Waals surface area contributed by atoms with Gasteiger partial charge in [-0.15, -0.1) is 0 Å². The summed E-state index contributed by atoms with van der Waals surface area (Å²) in [5.74, 6) is -10.6. The summed E-state index contributed by atoms with van der Waals surface area (Å²) in [6.07, 6.45) is -5.15. The molecule has 0 aromatic rings. The second-order valence-corrected chi connectivity index (χ2v) is 10.7. The van der Waals surface area contributed by atoms with Gasteiger partial charge in [0.05, 0.1) is 12.0 Å². The number of alkyl halides is 5. The third-order valence-corrected chi connectivity index (χ3v) is 7.42. The van der Waals surface area contributed by atoms with Crippen molar-refractivity contribution in [1.82, 2.24) is 20.9 Å². The number of piperidine rings is 3. The van der Waals surface area contributed by atoms with E-state index in [2.05, 4.69) is 10.6 Å². The lowest BCUT2D eigenvalue weighted by atomic mass is 9.71. The van der Waals surface area contributed by atoms with Crippen LogP contribution in [-0.4, -0.2) is 71.3 Å². The first-order chi connectivity index (χ1) is 17.7. The molecule has 2 bridgehead atoms. The van der Waals surface area contributed by atoms with Gasteiger partial charge < -0.3 is 20.9 Å². The number of hydrogen-bond donors (Lipinski definition) is 3. The molecule has 1 aliphatic carbocycles. The normalized spacial score (nSPS) is 28.2. The molecule has 6 atom stereocenters. The summed E-state index contributed by atoms with van der Waals surface area (Å²) in [4.78, 5) is 51.5. The molecular weight excluding hydrogens is 517 g/mol. The van der Waals surface area contributed by atoms with Crippen LogP contribution in [0, 0.1) is 29.1 Å². The number of amides is 4. The van der Waals surface area contributed by atoms with Gasteiger partial charge in [0, 0.05) is 24.9 Å². The van der Waals surface area contributed by atoms with Gasteiger partial charge in [-0.3, -0.25) is 19.2 Å². The first kappa shape index (κ1) is 29.6. The highest BCUT2D eigenvalue weighted by Gasteiger charge is 2.61. The van der Waals surface area contributed by atoms with E-state index in [-0.39, 0.29) is 37.5 Å². The van der Waals surface area contributed by atoms with Crippen LogP contribution in [0.5, 0.6) is 0 Å². The Labute approximate surface area is 216 Å². The van der Waals surface area contributed by atoms with E-state index in [9.17, 15) is 46.4 Å². The van der Waals surface area contributed by atoms with E-state index in [0.717, 1.165) is 4.90 Å². The zero-order chi connectivity index (χ0) is 28.4. The molecule has 3 aliphatic heterocycles. The van der Waals surface area contributed by atoms with Gasteiger partial charge in [-0.05, 0) is 44.4 Å². The summed E-state index contributed by atoms with van der Waals surface area (Å²) >= 11 is 0. The van der Waals surface area contributed by atoms with Gasteiger partial charge in [0.15, 0.2) is 0 Å². The zero-order valence-electron chi connectivity index (χ0n) is 21.1. The van der Waals surface area contributed by atoms with Crippen LogP contribution >= 0.6 is 0 Å². The first-order valence-electron chi connectivity index (χ1n) is 12.7. The fourth-order valence-corrected chi connectivity index (χ4v) is 5.68. The molecule has 212 valence electrons. The lowest BCUT2D eigenvalue weighted by Gasteiger charge is -2.54. The molecule has 4 amide bonds. The molecule has 0 aromatic carbocycles.